The molecule has 0 aliphatic heterocycles. The lowest BCUT2D eigenvalue weighted by molar-refractivity contribution is 0.533. The van der Waals surface area contributed by atoms with E-state index in [-0.39, 0.29) is 15.6 Å². The smallest absolute Gasteiger partial charge is 0.143 e. The van der Waals surface area contributed by atoms with Crippen LogP contribution < -0.4 is 4.90 Å². The molecule has 0 spiro atoms. The van der Waals surface area contributed by atoms with E-state index < -0.39 is 5.41 Å². The zero-order chi connectivity index (χ0) is 49.0. The Morgan fingerprint density at radius 2 is 0.806 bits per heavy atom. The quantitative estimate of drug-likeness (QED) is 0.134. The molecule has 0 N–H and O–H groups in total. The fourth-order valence-electron chi connectivity index (χ4n) is 13.8. The van der Waals surface area contributed by atoms with Gasteiger partial charge in [-0.1, -0.05) is 204 Å². The minimum Gasteiger partial charge on any atom is -0.455 e. The molecule has 13 rings (SSSR count). The van der Waals surface area contributed by atoms with Crippen molar-refractivity contribution in [3.05, 3.63) is 270 Å². The predicted octanol–water partition coefficient (Wildman–Crippen LogP) is 11.0. The third-order valence-electron chi connectivity index (χ3n) is 16.3. The van der Waals surface area contributed by atoms with Gasteiger partial charge in [0.2, 0.25) is 0 Å². The summed E-state index contributed by atoms with van der Waals surface area (Å²) in [6.45, 7) is 0. The van der Waals surface area contributed by atoms with Crippen LogP contribution in [0.3, 0.4) is 0 Å². The zero-order valence-electron chi connectivity index (χ0n) is 41.9. The molecule has 336 valence electrons. The molecule has 72 heavy (non-hydrogen) atoms. The van der Waals surface area contributed by atoms with Crippen molar-refractivity contribution in [2.75, 3.05) is 4.90 Å². The van der Waals surface area contributed by atoms with Crippen LogP contribution in [-0.4, -0.2) is 47.1 Å². The van der Waals surface area contributed by atoms with Crippen molar-refractivity contribution in [3.63, 3.8) is 0 Å². The van der Waals surface area contributed by atoms with Crippen LogP contribution in [0.1, 0.15) is 33.4 Å². The topological polar surface area (TPSA) is 16.4 Å². The number of hydrogen-bond donors (Lipinski definition) is 0. The minimum atomic E-state index is -0.622. The molecule has 1 unspecified atom stereocenters. The zero-order valence-corrected chi connectivity index (χ0v) is 41.9. The molecule has 0 radical (unpaired) electrons. The molecule has 11 aromatic rings. The SMILES string of the molecule is BC(B)(B)C1(C(B)(B)B)c2ccccc2-c2ccc(N(c3ccc(-c4ccccc4)cc3)c3ccc4c(c3)C(c3ccccc3)(c3ccc(-c5cccc6c5oc5ccccc56)cc3)c3ccccc3-4)cc21. The summed E-state index contributed by atoms with van der Waals surface area (Å²) in [6, 6.07) is 87.9. The number of nitrogens with zero attached hydrogens (tertiary/aromatic N) is 1. The van der Waals surface area contributed by atoms with E-state index in [2.05, 4.69) is 282 Å². The lowest BCUT2D eigenvalue weighted by atomic mass is 9.18. The molecular weight excluding hydrogens is 864 g/mol. The Kier molecular flexibility index (Phi) is 10.0. The van der Waals surface area contributed by atoms with Crippen LogP contribution in [0.4, 0.5) is 17.1 Å². The summed E-state index contributed by atoms with van der Waals surface area (Å²) in [5.74, 6) is 0. The van der Waals surface area contributed by atoms with E-state index >= 15 is 0 Å². The standard InChI is InChI=1S/C64H51B6NO/c65-63(66,67)62(64(68,69)70)56-24-11-8-19-50(56)52-37-35-47(39-58(52)62)71(45-32-28-41(29-33-45)40-14-3-1-4-15-40)46-34-36-51-49-18-7-10-23-55(49)61(57(51)38-46,43-16-5-2-6-17-43)44-30-26-42(27-31-44)48-21-13-22-54-53-20-9-12-25-59(53)72-60(48)54/h1-39H,65-70H2. The van der Waals surface area contributed by atoms with Crippen molar-refractivity contribution in [2.45, 2.75) is 21.1 Å². The molecule has 2 nitrogen and oxygen atoms in total. The van der Waals surface area contributed by atoms with Gasteiger partial charge >= 0.3 is 0 Å². The molecular formula is C64H51B6NO. The maximum Gasteiger partial charge on any atom is 0.143 e. The van der Waals surface area contributed by atoms with Crippen LogP contribution in [0.2, 0.25) is 10.2 Å². The van der Waals surface area contributed by atoms with Gasteiger partial charge in [-0.2, -0.15) is 0 Å². The molecule has 8 heteroatoms. The van der Waals surface area contributed by atoms with Crippen LogP contribution in [0.15, 0.2) is 241 Å². The van der Waals surface area contributed by atoms with Crippen molar-refractivity contribution < 1.29 is 4.42 Å². The number of benzene rings is 10. The number of para-hydroxylation sites is 2. The van der Waals surface area contributed by atoms with Gasteiger partial charge in [-0.25, -0.2) is 0 Å². The van der Waals surface area contributed by atoms with E-state index in [1.807, 2.05) is 6.07 Å². The normalized spacial score (nSPS) is 15.4. The van der Waals surface area contributed by atoms with Crippen LogP contribution in [0, 0.1) is 0 Å². The Morgan fingerprint density at radius 3 is 1.49 bits per heavy atom. The molecule has 0 bridgehead atoms. The minimum absolute atomic E-state index is 0.101. The Hall–Kier alpha value is -7.81. The predicted molar refractivity (Wildman–Crippen MR) is 319 cm³/mol. The van der Waals surface area contributed by atoms with Gasteiger partial charge in [-0.05, 0) is 120 Å². The summed E-state index contributed by atoms with van der Waals surface area (Å²) < 4.78 is 6.57. The first-order valence-corrected chi connectivity index (χ1v) is 25.5. The molecule has 2 aliphatic rings. The fourth-order valence-corrected chi connectivity index (χ4v) is 13.8. The van der Waals surface area contributed by atoms with E-state index in [0.717, 1.165) is 50.1 Å². The second-order valence-corrected chi connectivity index (χ2v) is 22.0. The second kappa shape index (κ2) is 16.4. The highest BCUT2D eigenvalue weighted by molar-refractivity contribution is 6.66. The summed E-state index contributed by atoms with van der Waals surface area (Å²) in [7, 11) is 14.6. The third-order valence-corrected chi connectivity index (χ3v) is 16.3. The van der Waals surface area contributed by atoms with Gasteiger partial charge in [0.05, 0.1) is 52.5 Å². The van der Waals surface area contributed by atoms with E-state index in [9.17, 15) is 0 Å². The van der Waals surface area contributed by atoms with Gasteiger partial charge in [-0.3, -0.25) is 0 Å². The third kappa shape index (κ3) is 6.37. The summed E-state index contributed by atoms with van der Waals surface area (Å²) in [4.78, 5) is 2.50. The van der Waals surface area contributed by atoms with Crippen molar-refractivity contribution in [2.24, 2.45) is 0 Å². The average molecular weight is 915 g/mol. The maximum absolute atomic E-state index is 6.57. The highest BCUT2D eigenvalue weighted by Crippen LogP contribution is 2.65. The lowest BCUT2D eigenvalue weighted by Gasteiger charge is -2.54. The number of fused-ring (bicyclic) bond motifs is 9. The molecule has 1 heterocycles. The fraction of sp³-hybridized carbons (Fsp3) is 0.0625. The number of rotatable bonds is 9. The van der Waals surface area contributed by atoms with E-state index in [4.69, 9.17) is 4.42 Å². The molecule has 10 aromatic carbocycles. The van der Waals surface area contributed by atoms with Crippen molar-refractivity contribution >= 4 is 86.1 Å². The number of hydrogen-bond acceptors (Lipinski definition) is 2. The Labute approximate surface area is 428 Å². The largest absolute Gasteiger partial charge is 0.455 e. The van der Waals surface area contributed by atoms with E-state index in [0.29, 0.717) is 0 Å². The highest BCUT2D eigenvalue weighted by Gasteiger charge is 2.56. The average Bonchev–Trinajstić information content (AvgIpc) is 4.04. The number of furan rings is 1. The molecule has 0 fully saturated rings. The first-order valence-electron chi connectivity index (χ1n) is 25.5. The van der Waals surface area contributed by atoms with E-state index in [1.54, 1.807) is 0 Å². The van der Waals surface area contributed by atoms with E-state index in [1.165, 1.54) is 66.8 Å². The maximum atomic E-state index is 6.57. The van der Waals surface area contributed by atoms with Gasteiger partial charge in [0.15, 0.2) is 0 Å². The second-order valence-electron chi connectivity index (χ2n) is 22.0. The molecule has 0 saturated heterocycles. The monoisotopic (exact) mass is 915 g/mol. The highest BCUT2D eigenvalue weighted by atomic mass is 16.3. The van der Waals surface area contributed by atoms with Crippen LogP contribution >= 0.6 is 0 Å². The molecule has 0 saturated carbocycles. The summed E-state index contributed by atoms with van der Waals surface area (Å²) in [6.07, 6.45) is 0. The Bertz CT molecular complexity index is 3880. The summed E-state index contributed by atoms with van der Waals surface area (Å²) in [5, 5.41) is 2.07. The molecule has 2 aliphatic carbocycles. The van der Waals surface area contributed by atoms with Gasteiger partial charge in [0, 0.05) is 33.4 Å². The first kappa shape index (κ1) is 44.2. The van der Waals surface area contributed by atoms with Gasteiger partial charge in [0.25, 0.3) is 0 Å². The van der Waals surface area contributed by atoms with Crippen LogP contribution in [0.25, 0.3) is 66.4 Å². The number of anilines is 3. The molecule has 1 atom stereocenters. The van der Waals surface area contributed by atoms with Gasteiger partial charge < -0.3 is 9.32 Å². The summed E-state index contributed by atoms with van der Waals surface area (Å²) in [5.41, 5.74) is 21.8. The van der Waals surface area contributed by atoms with Crippen molar-refractivity contribution in [1.82, 2.24) is 0 Å². The Balaban J connectivity index is 1.03. The van der Waals surface area contributed by atoms with Crippen LogP contribution in [0.5, 0.6) is 0 Å². The molecule has 1 aromatic heterocycles. The van der Waals surface area contributed by atoms with Gasteiger partial charge in [0.1, 0.15) is 11.2 Å². The van der Waals surface area contributed by atoms with Crippen molar-refractivity contribution in [3.8, 4) is 44.5 Å². The molecule has 0 amide bonds. The first-order chi connectivity index (χ1) is 35.0. The van der Waals surface area contributed by atoms with Crippen molar-refractivity contribution in [1.29, 1.82) is 0 Å². The summed E-state index contributed by atoms with van der Waals surface area (Å²) >= 11 is 0. The van der Waals surface area contributed by atoms with Crippen LogP contribution in [-0.2, 0) is 10.8 Å². The Morgan fingerprint density at radius 1 is 0.333 bits per heavy atom. The lowest BCUT2D eigenvalue weighted by Crippen LogP contribution is -2.52. The van der Waals surface area contributed by atoms with Gasteiger partial charge in [-0.15, -0.1) is 0 Å².